The molecule has 0 bridgehead atoms. The van der Waals surface area contributed by atoms with Crippen molar-refractivity contribution in [2.45, 2.75) is 13.5 Å². The van der Waals surface area contributed by atoms with Crippen molar-refractivity contribution in [2.24, 2.45) is 0 Å². The summed E-state index contributed by atoms with van der Waals surface area (Å²) in [6.07, 6.45) is 0. The summed E-state index contributed by atoms with van der Waals surface area (Å²) in [6.45, 7) is 6.80. The van der Waals surface area contributed by atoms with Gasteiger partial charge in [-0.05, 0) is 31.2 Å². The number of nitrogens with one attached hydrogen (secondary N) is 1. The van der Waals surface area contributed by atoms with Gasteiger partial charge in [0, 0.05) is 38.3 Å². The molecule has 2 heterocycles. The third kappa shape index (κ3) is 4.25. The summed E-state index contributed by atoms with van der Waals surface area (Å²) < 4.78 is 33.6. The number of halogens is 2. The van der Waals surface area contributed by atoms with E-state index in [1.54, 1.807) is 10.7 Å². The topological polar surface area (TPSA) is 59.4 Å². The Morgan fingerprint density at radius 1 is 1.23 bits per heavy atom. The van der Waals surface area contributed by atoms with Gasteiger partial charge in [0.2, 0.25) is 0 Å². The Kier molecular flexibility index (Phi) is 5.95. The Hall–Kier alpha value is -2.32. The van der Waals surface area contributed by atoms with Crippen molar-refractivity contribution in [1.82, 2.24) is 20.0 Å². The number of hydrogen-bond acceptors (Lipinski definition) is 4. The van der Waals surface area contributed by atoms with Gasteiger partial charge in [-0.1, -0.05) is 0 Å². The SMILES string of the molecule is CCn1nc(C(=O)NCCN2CCOCC2)cc1-c1ccc(F)c(F)c1. The molecule has 8 heteroatoms. The van der Waals surface area contributed by atoms with Crippen LogP contribution in [0.1, 0.15) is 17.4 Å². The molecule has 1 aliphatic rings. The molecule has 1 aromatic carbocycles. The fourth-order valence-electron chi connectivity index (χ4n) is 2.90. The summed E-state index contributed by atoms with van der Waals surface area (Å²) in [4.78, 5) is 14.6. The van der Waals surface area contributed by atoms with E-state index in [2.05, 4.69) is 15.3 Å². The lowest BCUT2D eigenvalue weighted by molar-refractivity contribution is 0.0383. The maximum absolute atomic E-state index is 13.5. The summed E-state index contributed by atoms with van der Waals surface area (Å²) in [6, 6.07) is 5.25. The van der Waals surface area contributed by atoms with Crippen molar-refractivity contribution in [1.29, 1.82) is 0 Å². The zero-order valence-corrected chi connectivity index (χ0v) is 14.7. The zero-order valence-electron chi connectivity index (χ0n) is 14.7. The lowest BCUT2D eigenvalue weighted by atomic mass is 10.1. The summed E-state index contributed by atoms with van der Waals surface area (Å²) in [5.41, 5.74) is 1.31. The maximum atomic E-state index is 13.5. The van der Waals surface area contributed by atoms with Gasteiger partial charge in [0.1, 0.15) is 0 Å². The number of benzene rings is 1. The van der Waals surface area contributed by atoms with E-state index in [0.29, 0.717) is 37.6 Å². The Morgan fingerprint density at radius 3 is 2.69 bits per heavy atom. The number of carbonyl (C=O) groups excluding carboxylic acids is 1. The fourth-order valence-corrected chi connectivity index (χ4v) is 2.90. The Bertz CT molecular complexity index is 773. The average Bonchev–Trinajstić information content (AvgIpc) is 3.09. The molecule has 0 aliphatic carbocycles. The van der Waals surface area contributed by atoms with Gasteiger partial charge in [-0.3, -0.25) is 14.4 Å². The smallest absolute Gasteiger partial charge is 0.271 e. The third-order valence-corrected chi connectivity index (χ3v) is 4.34. The molecule has 0 spiro atoms. The minimum Gasteiger partial charge on any atom is -0.379 e. The van der Waals surface area contributed by atoms with Crippen molar-refractivity contribution >= 4 is 5.91 Å². The third-order valence-electron chi connectivity index (χ3n) is 4.34. The Labute approximate surface area is 150 Å². The first-order valence-corrected chi connectivity index (χ1v) is 8.70. The molecule has 0 unspecified atom stereocenters. The normalized spacial score (nSPS) is 15.2. The molecule has 0 saturated carbocycles. The second-order valence-corrected chi connectivity index (χ2v) is 6.07. The lowest BCUT2D eigenvalue weighted by Crippen LogP contribution is -2.41. The van der Waals surface area contributed by atoms with Crippen LogP contribution in [0.15, 0.2) is 24.3 Å². The standard InChI is InChI=1S/C18H22F2N4O2/c1-2-24-17(13-3-4-14(19)15(20)11-13)12-16(22-24)18(25)21-5-6-23-7-9-26-10-8-23/h3-4,11-12H,2,5-10H2,1H3,(H,21,25). The molecule has 140 valence electrons. The van der Waals surface area contributed by atoms with Crippen LogP contribution in [-0.2, 0) is 11.3 Å². The number of ether oxygens (including phenoxy) is 1. The molecule has 2 aromatic rings. The second-order valence-electron chi connectivity index (χ2n) is 6.07. The number of rotatable bonds is 6. The van der Waals surface area contributed by atoms with Gasteiger partial charge in [-0.2, -0.15) is 5.10 Å². The van der Waals surface area contributed by atoms with Crippen LogP contribution < -0.4 is 5.32 Å². The molecule has 1 fully saturated rings. The van der Waals surface area contributed by atoms with Gasteiger partial charge in [0.05, 0.1) is 18.9 Å². The van der Waals surface area contributed by atoms with E-state index in [9.17, 15) is 13.6 Å². The van der Waals surface area contributed by atoms with Gasteiger partial charge in [0.15, 0.2) is 17.3 Å². The summed E-state index contributed by atoms with van der Waals surface area (Å²) in [5.74, 6) is -2.12. The van der Waals surface area contributed by atoms with Crippen molar-refractivity contribution < 1.29 is 18.3 Å². The van der Waals surface area contributed by atoms with Gasteiger partial charge in [-0.15, -0.1) is 0 Å². The molecule has 0 radical (unpaired) electrons. The number of amides is 1. The van der Waals surface area contributed by atoms with Gasteiger partial charge >= 0.3 is 0 Å². The highest BCUT2D eigenvalue weighted by molar-refractivity contribution is 5.93. The number of hydrogen-bond donors (Lipinski definition) is 1. The Balaban J connectivity index is 1.67. The molecule has 26 heavy (non-hydrogen) atoms. The van der Waals surface area contributed by atoms with Gasteiger partial charge < -0.3 is 10.1 Å². The van der Waals surface area contributed by atoms with E-state index in [0.717, 1.165) is 31.8 Å². The number of nitrogens with zero attached hydrogens (tertiary/aromatic N) is 3. The molecule has 1 N–H and O–H groups in total. The van der Waals surface area contributed by atoms with E-state index in [-0.39, 0.29) is 11.6 Å². The van der Waals surface area contributed by atoms with Crippen LogP contribution in [-0.4, -0.2) is 60.0 Å². The molecule has 1 aromatic heterocycles. The molecule has 1 aliphatic heterocycles. The molecule has 6 nitrogen and oxygen atoms in total. The highest BCUT2D eigenvalue weighted by atomic mass is 19.2. The van der Waals surface area contributed by atoms with Crippen molar-refractivity contribution in [3.63, 3.8) is 0 Å². The second kappa shape index (κ2) is 8.37. The summed E-state index contributed by atoms with van der Waals surface area (Å²) in [7, 11) is 0. The first-order valence-electron chi connectivity index (χ1n) is 8.70. The molecule has 0 atom stereocenters. The highest BCUT2D eigenvalue weighted by Gasteiger charge is 2.17. The number of carbonyl (C=O) groups is 1. The first kappa shape index (κ1) is 18.5. The number of aromatic nitrogens is 2. The predicted molar refractivity (Wildman–Crippen MR) is 92.8 cm³/mol. The van der Waals surface area contributed by atoms with E-state index in [1.165, 1.54) is 6.07 Å². The molecular weight excluding hydrogens is 342 g/mol. The monoisotopic (exact) mass is 364 g/mol. The zero-order chi connectivity index (χ0) is 18.5. The van der Waals surface area contributed by atoms with Crippen LogP contribution in [0.5, 0.6) is 0 Å². The summed E-state index contributed by atoms with van der Waals surface area (Å²) in [5, 5.41) is 7.13. The minimum absolute atomic E-state index is 0.258. The van der Waals surface area contributed by atoms with Gasteiger partial charge in [-0.25, -0.2) is 8.78 Å². The predicted octanol–water partition coefficient (Wildman–Crippen LogP) is 1.91. The van der Waals surface area contributed by atoms with Crippen LogP contribution in [0, 0.1) is 11.6 Å². The Morgan fingerprint density at radius 2 is 2.00 bits per heavy atom. The van der Waals surface area contributed by atoms with Gasteiger partial charge in [0.25, 0.3) is 5.91 Å². The number of morpholine rings is 1. The first-order chi connectivity index (χ1) is 12.6. The van der Waals surface area contributed by atoms with E-state index in [4.69, 9.17) is 4.74 Å². The summed E-state index contributed by atoms with van der Waals surface area (Å²) >= 11 is 0. The molecular formula is C18H22F2N4O2. The van der Waals surface area contributed by atoms with Crippen LogP contribution in [0.25, 0.3) is 11.3 Å². The van der Waals surface area contributed by atoms with Crippen molar-refractivity contribution in [3.8, 4) is 11.3 Å². The quantitative estimate of drug-likeness (QED) is 0.851. The van der Waals surface area contributed by atoms with Crippen molar-refractivity contribution in [3.05, 3.63) is 41.6 Å². The minimum atomic E-state index is -0.928. The van der Waals surface area contributed by atoms with E-state index < -0.39 is 11.6 Å². The van der Waals surface area contributed by atoms with Crippen LogP contribution in [0.3, 0.4) is 0 Å². The van der Waals surface area contributed by atoms with Crippen LogP contribution in [0.2, 0.25) is 0 Å². The molecule has 3 rings (SSSR count). The van der Waals surface area contributed by atoms with Crippen molar-refractivity contribution in [2.75, 3.05) is 39.4 Å². The largest absolute Gasteiger partial charge is 0.379 e. The highest BCUT2D eigenvalue weighted by Crippen LogP contribution is 2.23. The molecule has 1 amide bonds. The van der Waals surface area contributed by atoms with E-state index in [1.807, 2.05) is 6.92 Å². The molecule has 1 saturated heterocycles. The average molecular weight is 364 g/mol. The maximum Gasteiger partial charge on any atom is 0.271 e. The fraction of sp³-hybridized carbons (Fsp3) is 0.444. The van der Waals surface area contributed by atoms with Crippen LogP contribution >= 0.6 is 0 Å². The van der Waals surface area contributed by atoms with Crippen LogP contribution in [0.4, 0.5) is 8.78 Å². The number of aryl methyl sites for hydroxylation is 1. The lowest BCUT2D eigenvalue weighted by Gasteiger charge is -2.26. The van der Waals surface area contributed by atoms with E-state index >= 15 is 0 Å².